The van der Waals surface area contributed by atoms with Crippen molar-refractivity contribution in [3.05, 3.63) is 71.0 Å². The Bertz CT molecular complexity index is 1040. The van der Waals surface area contributed by atoms with Gasteiger partial charge in [0.1, 0.15) is 11.6 Å². The molecule has 172 valence electrons. The van der Waals surface area contributed by atoms with Gasteiger partial charge in [0.2, 0.25) is 5.91 Å². The number of rotatable bonds is 10. The van der Waals surface area contributed by atoms with E-state index in [-0.39, 0.29) is 30.8 Å². The summed E-state index contributed by atoms with van der Waals surface area (Å²) in [7, 11) is 1.27. The van der Waals surface area contributed by atoms with Gasteiger partial charge in [-0.2, -0.15) is 5.26 Å². The highest BCUT2D eigenvalue weighted by atomic mass is 19.1. The molecule has 0 bridgehead atoms. The molecule has 0 radical (unpaired) electrons. The van der Waals surface area contributed by atoms with E-state index in [1.54, 1.807) is 24.3 Å². The maximum absolute atomic E-state index is 14.1. The second-order valence-corrected chi connectivity index (χ2v) is 7.44. The van der Waals surface area contributed by atoms with Crippen molar-refractivity contribution >= 4 is 25.0 Å². The van der Waals surface area contributed by atoms with E-state index in [4.69, 9.17) is 4.74 Å². The van der Waals surface area contributed by atoms with Crippen LogP contribution in [0.2, 0.25) is 0 Å². The van der Waals surface area contributed by atoms with Crippen molar-refractivity contribution in [3.63, 3.8) is 0 Å². The zero-order chi connectivity index (χ0) is 24.4. The van der Waals surface area contributed by atoms with Crippen LogP contribution < -0.4 is 10.1 Å². The van der Waals surface area contributed by atoms with E-state index in [0.717, 1.165) is 11.6 Å². The lowest BCUT2D eigenvalue weighted by atomic mass is 9.76. The molecule has 0 saturated carbocycles. The van der Waals surface area contributed by atoms with Gasteiger partial charge in [-0.25, -0.2) is 4.39 Å². The number of nitrogens with zero attached hydrogens (tertiary/aromatic N) is 2. The first kappa shape index (κ1) is 25.6. The summed E-state index contributed by atoms with van der Waals surface area (Å²) >= 11 is 0. The summed E-state index contributed by atoms with van der Waals surface area (Å²) in [6.07, 6.45) is 1.39. The van der Waals surface area contributed by atoms with Gasteiger partial charge in [-0.1, -0.05) is 36.4 Å². The maximum atomic E-state index is 14.1. The molecular weight excluding hydrogens is 428 g/mol. The first-order valence-corrected chi connectivity index (χ1v) is 10.2. The van der Waals surface area contributed by atoms with Gasteiger partial charge < -0.3 is 25.0 Å². The quantitative estimate of drug-likeness (QED) is 0.284. The molecule has 0 heterocycles. The number of benzene rings is 2. The molecule has 0 saturated heterocycles. The SMILES string of the molecule is CN(C)C(=O)C(C#N)=Cc1ccc(F)c(OCCC(=O)NC(Cc2ccccc2)B(O)O)c1. The average Bonchev–Trinajstić information content (AvgIpc) is 2.79. The van der Waals surface area contributed by atoms with Crippen LogP contribution in [0.4, 0.5) is 4.39 Å². The summed E-state index contributed by atoms with van der Waals surface area (Å²) in [5, 5.41) is 30.8. The third kappa shape index (κ3) is 8.07. The van der Waals surface area contributed by atoms with E-state index in [1.165, 1.54) is 37.2 Å². The molecule has 1 atom stereocenters. The molecule has 1 unspecified atom stereocenters. The molecule has 8 nitrogen and oxygen atoms in total. The molecule has 0 aliphatic heterocycles. The molecule has 0 fully saturated rings. The first-order chi connectivity index (χ1) is 15.7. The minimum absolute atomic E-state index is 0.121. The third-order valence-corrected chi connectivity index (χ3v) is 4.61. The van der Waals surface area contributed by atoms with E-state index >= 15 is 0 Å². The van der Waals surface area contributed by atoms with Crippen molar-refractivity contribution in [2.45, 2.75) is 18.8 Å². The Morgan fingerprint density at radius 2 is 1.94 bits per heavy atom. The maximum Gasteiger partial charge on any atom is 0.475 e. The fourth-order valence-corrected chi connectivity index (χ4v) is 2.90. The van der Waals surface area contributed by atoms with Gasteiger partial charge in [0.05, 0.1) is 19.0 Å². The number of carbonyl (C=O) groups is 2. The summed E-state index contributed by atoms with van der Waals surface area (Å²) in [4.78, 5) is 25.4. The molecule has 2 rings (SSSR count). The highest BCUT2D eigenvalue weighted by Crippen LogP contribution is 2.21. The Hall–Kier alpha value is -3.68. The standard InChI is InChI=1S/C23H25BFN3O5/c1-28(2)23(30)18(15-26)12-17-8-9-19(25)20(13-17)33-11-10-22(29)27-21(24(31)32)14-16-6-4-3-5-7-16/h3-9,12-13,21,31-32H,10-11,14H2,1-2H3,(H,27,29). The zero-order valence-corrected chi connectivity index (χ0v) is 18.4. The summed E-state index contributed by atoms with van der Waals surface area (Å²) in [5.74, 6) is -2.71. The number of ether oxygens (including phenoxy) is 1. The zero-order valence-electron chi connectivity index (χ0n) is 18.4. The number of halogens is 1. The molecule has 0 aromatic heterocycles. The van der Waals surface area contributed by atoms with Crippen molar-refractivity contribution in [2.75, 3.05) is 20.7 Å². The lowest BCUT2D eigenvalue weighted by Crippen LogP contribution is -2.48. The van der Waals surface area contributed by atoms with Gasteiger partial charge in [0.25, 0.3) is 5.91 Å². The van der Waals surface area contributed by atoms with Crippen molar-refractivity contribution in [1.82, 2.24) is 10.2 Å². The number of amides is 2. The third-order valence-electron chi connectivity index (χ3n) is 4.61. The monoisotopic (exact) mass is 453 g/mol. The smallest absolute Gasteiger partial charge is 0.475 e. The Morgan fingerprint density at radius 3 is 2.55 bits per heavy atom. The summed E-state index contributed by atoms with van der Waals surface area (Å²) in [5.41, 5.74) is 1.08. The van der Waals surface area contributed by atoms with Crippen LogP contribution in [0.1, 0.15) is 17.5 Å². The van der Waals surface area contributed by atoms with Crippen LogP contribution in [0.15, 0.2) is 54.1 Å². The minimum atomic E-state index is -1.75. The fourth-order valence-electron chi connectivity index (χ4n) is 2.90. The molecule has 0 aliphatic carbocycles. The van der Waals surface area contributed by atoms with E-state index in [2.05, 4.69) is 5.32 Å². The van der Waals surface area contributed by atoms with Crippen molar-refractivity contribution in [1.29, 1.82) is 5.26 Å². The summed E-state index contributed by atoms with van der Waals surface area (Å²) < 4.78 is 19.5. The number of hydrogen-bond acceptors (Lipinski definition) is 6. The van der Waals surface area contributed by atoms with E-state index in [9.17, 15) is 29.3 Å². The number of carbonyl (C=O) groups excluding carboxylic acids is 2. The Morgan fingerprint density at radius 1 is 1.24 bits per heavy atom. The fraction of sp³-hybridized carbons (Fsp3) is 0.261. The Balaban J connectivity index is 1.97. The van der Waals surface area contributed by atoms with Crippen molar-refractivity contribution in [2.24, 2.45) is 0 Å². The topological polar surface area (TPSA) is 123 Å². The molecular formula is C23H25BFN3O5. The van der Waals surface area contributed by atoms with E-state index < -0.39 is 30.7 Å². The van der Waals surface area contributed by atoms with Crippen LogP contribution in [0, 0.1) is 17.1 Å². The van der Waals surface area contributed by atoms with Gasteiger partial charge in [-0.05, 0) is 35.8 Å². The lowest BCUT2D eigenvalue weighted by Gasteiger charge is -2.18. The molecule has 10 heteroatoms. The van der Waals surface area contributed by atoms with Crippen molar-refractivity contribution in [3.8, 4) is 11.8 Å². The van der Waals surface area contributed by atoms with Gasteiger partial charge in [0.15, 0.2) is 11.6 Å². The van der Waals surface area contributed by atoms with Crippen LogP contribution in [-0.2, 0) is 16.0 Å². The van der Waals surface area contributed by atoms with Crippen LogP contribution in [-0.4, -0.2) is 60.5 Å². The predicted octanol–water partition coefficient (Wildman–Crippen LogP) is 1.33. The van der Waals surface area contributed by atoms with Gasteiger partial charge in [0, 0.05) is 14.1 Å². The van der Waals surface area contributed by atoms with Gasteiger partial charge in [-0.15, -0.1) is 0 Å². The molecule has 0 spiro atoms. The Labute approximate surface area is 192 Å². The molecule has 0 aliphatic rings. The first-order valence-electron chi connectivity index (χ1n) is 10.2. The van der Waals surface area contributed by atoms with E-state index in [0.29, 0.717) is 5.56 Å². The minimum Gasteiger partial charge on any atom is -0.490 e. The number of hydrogen-bond donors (Lipinski definition) is 3. The van der Waals surface area contributed by atoms with Crippen molar-refractivity contribution < 1.29 is 28.8 Å². The predicted molar refractivity (Wildman–Crippen MR) is 121 cm³/mol. The van der Waals surface area contributed by atoms with Crippen LogP contribution in [0.5, 0.6) is 5.75 Å². The largest absolute Gasteiger partial charge is 0.490 e. The molecule has 2 aromatic carbocycles. The Kier molecular flexibility index (Phi) is 9.60. The van der Waals surface area contributed by atoms with Gasteiger partial charge in [-0.3, -0.25) is 9.59 Å². The highest BCUT2D eigenvalue weighted by Gasteiger charge is 2.25. The molecule has 3 N–H and O–H groups in total. The normalized spacial score (nSPS) is 11.8. The second-order valence-electron chi connectivity index (χ2n) is 7.44. The molecule has 33 heavy (non-hydrogen) atoms. The van der Waals surface area contributed by atoms with Gasteiger partial charge >= 0.3 is 7.12 Å². The second kappa shape index (κ2) is 12.4. The summed E-state index contributed by atoms with van der Waals surface area (Å²) in [6.45, 7) is -0.169. The van der Waals surface area contributed by atoms with Crippen LogP contribution in [0.25, 0.3) is 6.08 Å². The molecule has 2 aromatic rings. The van der Waals surface area contributed by atoms with E-state index in [1.807, 2.05) is 12.1 Å². The summed E-state index contributed by atoms with van der Waals surface area (Å²) in [6, 6.07) is 14.7. The van der Waals surface area contributed by atoms with Crippen LogP contribution >= 0.6 is 0 Å². The number of nitriles is 1. The number of likely N-dealkylation sites (N-methyl/N-ethyl adjacent to an activating group) is 1. The number of nitrogens with one attached hydrogen (secondary N) is 1. The lowest BCUT2D eigenvalue weighted by molar-refractivity contribution is -0.124. The highest BCUT2D eigenvalue weighted by molar-refractivity contribution is 6.43. The molecule has 2 amide bonds. The average molecular weight is 453 g/mol. The van der Waals surface area contributed by atoms with Crippen LogP contribution in [0.3, 0.4) is 0 Å².